The van der Waals surface area contributed by atoms with Crippen LogP contribution in [0.4, 0.5) is 11.9 Å². The number of halogens is 1. The maximum absolute atomic E-state index is 12.1. The van der Waals surface area contributed by atoms with Gasteiger partial charge in [0.2, 0.25) is 23.1 Å². The van der Waals surface area contributed by atoms with Crippen molar-refractivity contribution in [3.63, 3.8) is 0 Å². The number of hydrogen-bond donors (Lipinski definition) is 1. The Hall–Kier alpha value is -1.63. The first-order chi connectivity index (χ1) is 10.0. The summed E-state index contributed by atoms with van der Waals surface area (Å²) in [6.45, 7) is 8.28. The van der Waals surface area contributed by atoms with Gasteiger partial charge in [0.15, 0.2) is 0 Å². The van der Waals surface area contributed by atoms with E-state index < -0.39 is 0 Å². The van der Waals surface area contributed by atoms with Gasteiger partial charge >= 0.3 is 0 Å². The molecule has 1 heterocycles. The molecule has 0 unspecified atom stereocenters. The molecule has 1 rings (SSSR count). The van der Waals surface area contributed by atoms with Crippen molar-refractivity contribution in [2.24, 2.45) is 0 Å². The lowest BCUT2D eigenvalue weighted by atomic mass is 10.4. The highest BCUT2D eigenvalue weighted by Gasteiger charge is 2.16. The number of carbonyl (C=O) groups excluding carboxylic acids is 1. The molecular weight excluding hydrogens is 292 g/mol. The number of amides is 1. The van der Waals surface area contributed by atoms with E-state index in [0.29, 0.717) is 25.0 Å². The summed E-state index contributed by atoms with van der Waals surface area (Å²) in [5.41, 5.74) is 0. The first-order valence-corrected chi connectivity index (χ1v) is 7.53. The molecule has 0 aliphatic rings. The Morgan fingerprint density at radius 2 is 1.86 bits per heavy atom. The fourth-order valence-electron chi connectivity index (χ4n) is 1.78. The highest BCUT2D eigenvalue weighted by atomic mass is 35.5. The highest BCUT2D eigenvalue weighted by Crippen LogP contribution is 2.12. The molecule has 7 nitrogen and oxygen atoms in total. The van der Waals surface area contributed by atoms with E-state index in [0.717, 1.165) is 13.0 Å². The van der Waals surface area contributed by atoms with E-state index in [1.54, 1.807) is 16.8 Å². The average molecular weight is 315 g/mol. The fraction of sp³-hybridized carbons (Fsp3) is 0.692. The summed E-state index contributed by atoms with van der Waals surface area (Å²) >= 11 is 5.90. The number of nitrogens with zero attached hydrogens (tertiary/aromatic N) is 5. The number of hydrogen-bond acceptors (Lipinski definition) is 6. The number of likely N-dealkylation sites (N-methyl/N-ethyl adjacent to an activating group) is 2. The van der Waals surface area contributed by atoms with E-state index in [2.05, 4.69) is 20.3 Å². The lowest BCUT2D eigenvalue weighted by Gasteiger charge is -2.23. The molecule has 21 heavy (non-hydrogen) atoms. The van der Waals surface area contributed by atoms with Crippen LogP contribution in [0, 0.1) is 0 Å². The smallest absolute Gasteiger partial charge is 0.242 e. The third kappa shape index (κ3) is 5.34. The molecule has 0 aliphatic heterocycles. The SMILES string of the molecule is CCCNc1nc(Cl)nc(N(C)CC(=O)N(CC)CC)n1. The number of rotatable bonds is 8. The van der Waals surface area contributed by atoms with Gasteiger partial charge in [-0.2, -0.15) is 15.0 Å². The third-order valence-corrected chi connectivity index (χ3v) is 3.13. The minimum Gasteiger partial charge on any atom is -0.354 e. The standard InChI is InChI=1S/C13H23ClN6O/c1-5-8-15-12-16-11(14)17-13(18-12)19(4)9-10(21)20(6-2)7-3/h5-9H2,1-4H3,(H,15,16,17,18). The van der Waals surface area contributed by atoms with Gasteiger partial charge in [0.25, 0.3) is 0 Å². The highest BCUT2D eigenvalue weighted by molar-refractivity contribution is 6.28. The predicted octanol–water partition coefficient (Wildman–Crippen LogP) is 1.65. The Balaban J connectivity index is 2.79. The Morgan fingerprint density at radius 1 is 1.19 bits per heavy atom. The molecule has 0 radical (unpaired) electrons. The molecule has 0 saturated heterocycles. The first-order valence-electron chi connectivity index (χ1n) is 7.16. The van der Waals surface area contributed by atoms with Crippen molar-refractivity contribution in [3.05, 3.63) is 5.28 Å². The van der Waals surface area contributed by atoms with Gasteiger partial charge in [0.05, 0.1) is 6.54 Å². The molecule has 0 saturated carbocycles. The number of anilines is 2. The average Bonchev–Trinajstić information content (AvgIpc) is 2.45. The van der Waals surface area contributed by atoms with Gasteiger partial charge in [-0.25, -0.2) is 0 Å². The van der Waals surface area contributed by atoms with Gasteiger partial charge in [0, 0.05) is 26.7 Å². The quantitative estimate of drug-likeness (QED) is 0.786. The molecule has 0 bridgehead atoms. The molecule has 0 spiro atoms. The summed E-state index contributed by atoms with van der Waals surface area (Å²) in [7, 11) is 1.76. The topological polar surface area (TPSA) is 74.2 Å². The minimum atomic E-state index is 0.0297. The third-order valence-electron chi connectivity index (χ3n) is 2.96. The van der Waals surface area contributed by atoms with Crippen molar-refractivity contribution in [2.75, 3.05) is 43.4 Å². The van der Waals surface area contributed by atoms with E-state index >= 15 is 0 Å². The number of carbonyl (C=O) groups is 1. The Kier molecular flexibility index (Phi) is 7.14. The second kappa shape index (κ2) is 8.61. The Morgan fingerprint density at radius 3 is 2.43 bits per heavy atom. The predicted molar refractivity (Wildman–Crippen MR) is 84.8 cm³/mol. The van der Waals surface area contributed by atoms with Crippen LogP contribution in [-0.4, -0.2) is 59.0 Å². The molecule has 0 aliphatic carbocycles. The van der Waals surface area contributed by atoms with E-state index in [-0.39, 0.29) is 17.7 Å². The van der Waals surface area contributed by atoms with E-state index in [9.17, 15) is 4.79 Å². The minimum absolute atomic E-state index is 0.0297. The van der Waals surface area contributed by atoms with Crippen molar-refractivity contribution in [1.82, 2.24) is 19.9 Å². The van der Waals surface area contributed by atoms with Crippen LogP contribution in [0.25, 0.3) is 0 Å². The molecule has 1 N–H and O–H groups in total. The summed E-state index contributed by atoms with van der Waals surface area (Å²) in [6.07, 6.45) is 0.953. The second-order valence-electron chi connectivity index (χ2n) is 4.58. The van der Waals surface area contributed by atoms with Crippen molar-refractivity contribution in [1.29, 1.82) is 0 Å². The van der Waals surface area contributed by atoms with Gasteiger partial charge in [0.1, 0.15) is 0 Å². The maximum Gasteiger partial charge on any atom is 0.242 e. The summed E-state index contributed by atoms with van der Waals surface area (Å²) < 4.78 is 0. The van der Waals surface area contributed by atoms with Crippen molar-refractivity contribution < 1.29 is 4.79 Å². The van der Waals surface area contributed by atoms with Crippen molar-refractivity contribution in [3.8, 4) is 0 Å². The molecule has 1 aromatic heterocycles. The molecule has 0 aromatic carbocycles. The largest absolute Gasteiger partial charge is 0.354 e. The van der Waals surface area contributed by atoms with Crippen molar-refractivity contribution in [2.45, 2.75) is 27.2 Å². The monoisotopic (exact) mass is 314 g/mol. The van der Waals surface area contributed by atoms with Gasteiger partial charge in [-0.05, 0) is 31.9 Å². The Labute approximate surface area is 130 Å². The zero-order valence-corrected chi connectivity index (χ0v) is 13.8. The van der Waals surface area contributed by atoms with Gasteiger partial charge in [-0.1, -0.05) is 6.92 Å². The van der Waals surface area contributed by atoms with E-state index in [1.165, 1.54) is 0 Å². The lowest BCUT2D eigenvalue weighted by molar-refractivity contribution is -0.129. The summed E-state index contributed by atoms with van der Waals surface area (Å²) in [4.78, 5) is 27.9. The van der Waals surface area contributed by atoms with Gasteiger partial charge in [-0.15, -0.1) is 0 Å². The van der Waals surface area contributed by atoms with Crippen LogP contribution in [0.3, 0.4) is 0 Å². The van der Waals surface area contributed by atoms with Crippen LogP contribution in [0.15, 0.2) is 0 Å². The zero-order chi connectivity index (χ0) is 15.8. The molecule has 0 fully saturated rings. The molecule has 1 amide bonds. The normalized spacial score (nSPS) is 10.3. The van der Waals surface area contributed by atoms with Crippen molar-refractivity contribution >= 4 is 29.4 Å². The van der Waals surface area contributed by atoms with E-state index in [1.807, 2.05) is 20.8 Å². The molecule has 0 atom stereocenters. The molecule has 1 aromatic rings. The lowest BCUT2D eigenvalue weighted by Crippen LogP contribution is -2.39. The second-order valence-corrected chi connectivity index (χ2v) is 4.91. The summed E-state index contributed by atoms with van der Waals surface area (Å²) in [6, 6.07) is 0. The molecule has 8 heteroatoms. The fourth-order valence-corrected chi connectivity index (χ4v) is 1.93. The Bertz CT molecular complexity index is 466. The first kappa shape index (κ1) is 17.4. The van der Waals surface area contributed by atoms with Crippen LogP contribution in [-0.2, 0) is 4.79 Å². The number of nitrogens with one attached hydrogen (secondary N) is 1. The van der Waals surface area contributed by atoms with Gasteiger partial charge < -0.3 is 15.1 Å². The van der Waals surface area contributed by atoms with Crippen LogP contribution in [0.5, 0.6) is 0 Å². The van der Waals surface area contributed by atoms with Crippen LogP contribution in [0.1, 0.15) is 27.2 Å². The van der Waals surface area contributed by atoms with Gasteiger partial charge in [-0.3, -0.25) is 4.79 Å². The zero-order valence-electron chi connectivity index (χ0n) is 13.1. The molecule has 118 valence electrons. The molecular formula is C13H23ClN6O. The maximum atomic E-state index is 12.1. The van der Waals surface area contributed by atoms with Crippen LogP contribution < -0.4 is 10.2 Å². The van der Waals surface area contributed by atoms with E-state index in [4.69, 9.17) is 11.6 Å². The van der Waals surface area contributed by atoms with Crippen LogP contribution >= 0.6 is 11.6 Å². The van der Waals surface area contributed by atoms with Crippen LogP contribution in [0.2, 0.25) is 5.28 Å². The summed E-state index contributed by atoms with van der Waals surface area (Å²) in [5, 5.41) is 3.17. The summed E-state index contributed by atoms with van der Waals surface area (Å²) in [5.74, 6) is 0.838. The number of aromatic nitrogens is 3.